The monoisotopic (exact) mass is 327 g/mol. The van der Waals surface area contributed by atoms with Crippen molar-refractivity contribution in [3.05, 3.63) is 18.2 Å². The Bertz CT molecular complexity index is 743. The Morgan fingerprint density at radius 1 is 1.23 bits per heavy atom. The molecule has 1 aliphatic rings. The Morgan fingerprint density at radius 2 is 1.95 bits per heavy atom. The third kappa shape index (κ3) is 3.17. The molecule has 9 nitrogen and oxygen atoms in total. The summed E-state index contributed by atoms with van der Waals surface area (Å²) in [5.41, 5.74) is 0.126. The van der Waals surface area contributed by atoms with Crippen LogP contribution in [0.15, 0.2) is 23.2 Å². The molecule has 118 valence electrons. The van der Waals surface area contributed by atoms with Crippen molar-refractivity contribution in [1.29, 1.82) is 0 Å². The zero-order valence-corrected chi connectivity index (χ0v) is 12.5. The van der Waals surface area contributed by atoms with E-state index in [0.29, 0.717) is 5.75 Å². The maximum absolute atomic E-state index is 12.2. The number of methoxy groups -OCH3 is 2. The Kier molecular flexibility index (Phi) is 4.31. The van der Waals surface area contributed by atoms with E-state index in [2.05, 4.69) is 9.71 Å². The molecule has 0 saturated heterocycles. The van der Waals surface area contributed by atoms with E-state index in [4.69, 9.17) is 9.47 Å². The van der Waals surface area contributed by atoms with Crippen molar-refractivity contribution in [2.45, 2.75) is 5.25 Å². The predicted octanol–water partition coefficient (Wildman–Crippen LogP) is 0.135. The second kappa shape index (κ2) is 6.02. The maximum atomic E-state index is 12.2. The zero-order valence-electron chi connectivity index (χ0n) is 11.7. The number of hydrogen-bond acceptors (Lipinski definition) is 6. The third-order valence-electron chi connectivity index (χ3n) is 2.81. The lowest BCUT2D eigenvalue weighted by atomic mass is 10.3. The Balaban J connectivity index is 2.31. The van der Waals surface area contributed by atoms with Gasteiger partial charge >= 0.3 is 6.03 Å². The highest BCUT2D eigenvalue weighted by Gasteiger charge is 2.35. The van der Waals surface area contributed by atoms with Gasteiger partial charge in [-0.3, -0.25) is 14.8 Å². The first-order chi connectivity index (χ1) is 10.4. The van der Waals surface area contributed by atoms with Crippen molar-refractivity contribution >= 4 is 33.9 Å². The number of urea groups is 1. The largest absolute Gasteiger partial charge is 0.497 e. The van der Waals surface area contributed by atoms with Crippen LogP contribution in [0.2, 0.25) is 0 Å². The molecule has 22 heavy (non-hydrogen) atoms. The van der Waals surface area contributed by atoms with Gasteiger partial charge in [-0.1, -0.05) is 0 Å². The predicted molar refractivity (Wildman–Crippen MR) is 77.9 cm³/mol. The average molecular weight is 327 g/mol. The molecular formula is C12H13N3O6S. The Labute approximate surface area is 126 Å². The quantitative estimate of drug-likeness (QED) is 0.792. The fourth-order valence-electron chi connectivity index (χ4n) is 1.73. The molecule has 0 aliphatic carbocycles. The van der Waals surface area contributed by atoms with Crippen molar-refractivity contribution in [3.8, 4) is 11.5 Å². The molecule has 2 rings (SSSR count). The third-order valence-corrected chi connectivity index (χ3v) is 4.32. The van der Waals surface area contributed by atoms with Gasteiger partial charge in [-0.15, -0.1) is 0 Å². The van der Waals surface area contributed by atoms with Crippen LogP contribution < -0.4 is 19.5 Å². The van der Waals surface area contributed by atoms with Crippen LogP contribution in [-0.4, -0.2) is 46.0 Å². The first-order valence-electron chi connectivity index (χ1n) is 6.00. The molecule has 1 heterocycles. The topological polar surface area (TPSA) is 123 Å². The lowest BCUT2D eigenvalue weighted by Gasteiger charge is -2.18. The van der Waals surface area contributed by atoms with Crippen LogP contribution >= 0.6 is 0 Å². The van der Waals surface area contributed by atoms with E-state index in [1.807, 2.05) is 5.32 Å². The molecule has 0 spiro atoms. The van der Waals surface area contributed by atoms with Gasteiger partial charge in [0.2, 0.25) is 10.0 Å². The summed E-state index contributed by atoms with van der Waals surface area (Å²) in [5.74, 6) is -0.283. The van der Waals surface area contributed by atoms with Crippen molar-refractivity contribution < 1.29 is 27.5 Å². The summed E-state index contributed by atoms with van der Waals surface area (Å²) in [7, 11) is -1.33. The van der Waals surface area contributed by atoms with Gasteiger partial charge in [0.25, 0.3) is 5.91 Å². The van der Waals surface area contributed by atoms with Gasteiger partial charge in [0, 0.05) is 12.3 Å². The normalized spacial score (nSPS) is 17.8. The van der Waals surface area contributed by atoms with Gasteiger partial charge in [-0.05, 0) is 12.1 Å². The number of aliphatic imine (C=N–C) groups is 1. The van der Waals surface area contributed by atoms with E-state index in [9.17, 15) is 18.0 Å². The van der Waals surface area contributed by atoms with Gasteiger partial charge in [-0.25, -0.2) is 18.2 Å². The van der Waals surface area contributed by atoms with Crippen molar-refractivity contribution in [2.75, 3.05) is 18.9 Å². The molecule has 0 radical (unpaired) electrons. The fourth-order valence-corrected chi connectivity index (χ4v) is 2.90. The molecule has 1 aromatic carbocycles. The lowest BCUT2D eigenvalue weighted by molar-refractivity contribution is -0.118. The molecule has 3 amide bonds. The van der Waals surface area contributed by atoms with Gasteiger partial charge in [0.15, 0.2) is 5.25 Å². The van der Waals surface area contributed by atoms with E-state index in [-0.39, 0.29) is 11.4 Å². The van der Waals surface area contributed by atoms with Crippen LogP contribution in [-0.2, 0) is 14.8 Å². The van der Waals surface area contributed by atoms with Crippen molar-refractivity contribution in [1.82, 2.24) is 5.32 Å². The molecule has 0 saturated carbocycles. The molecule has 0 fully saturated rings. The number of anilines is 1. The molecule has 0 bridgehead atoms. The standard InChI is InChI=1S/C12H13N3O6S/c1-20-7-3-4-8(9(5-7)21-2)15-22(18,19)10-6-13-12(17)14-11(10)16/h3-6,10,15H,1-2H3,(H,14,16,17). The van der Waals surface area contributed by atoms with E-state index in [1.165, 1.54) is 32.4 Å². The van der Waals surface area contributed by atoms with Crippen LogP contribution in [0.5, 0.6) is 11.5 Å². The molecular weight excluding hydrogens is 314 g/mol. The number of benzene rings is 1. The number of amides is 3. The van der Waals surface area contributed by atoms with E-state index in [0.717, 1.165) is 6.21 Å². The Hall–Kier alpha value is -2.62. The highest BCUT2D eigenvalue weighted by Crippen LogP contribution is 2.30. The summed E-state index contributed by atoms with van der Waals surface area (Å²) in [6.45, 7) is 0. The number of ether oxygens (including phenoxy) is 2. The number of sulfonamides is 1. The molecule has 1 atom stereocenters. The molecule has 10 heteroatoms. The van der Waals surface area contributed by atoms with Crippen LogP contribution in [0.1, 0.15) is 0 Å². The number of carbonyl (C=O) groups is 2. The lowest BCUT2D eigenvalue weighted by Crippen LogP contribution is -2.48. The summed E-state index contributed by atoms with van der Waals surface area (Å²) in [6.07, 6.45) is 0.777. The SMILES string of the molecule is COc1ccc(NS(=O)(=O)C2C=NC(=O)NC2=O)c(OC)c1. The highest BCUT2D eigenvalue weighted by molar-refractivity contribution is 7.94. The minimum Gasteiger partial charge on any atom is -0.497 e. The molecule has 1 aromatic rings. The summed E-state index contributed by atoms with van der Waals surface area (Å²) in [6, 6.07) is 3.53. The summed E-state index contributed by atoms with van der Waals surface area (Å²) >= 11 is 0. The summed E-state index contributed by atoms with van der Waals surface area (Å²) in [5, 5.41) is 0.208. The summed E-state index contributed by atoms with van der Waals surface area (Å²) < 4.78 is 36.8. The smallest absolute Gasteiger partial charge is 0.347 e. The second-order valence-corrected chi connectivity index (χ2v) is 6.01. The molecule has 1 aliphatic heterocycles. The van der Waals surface area contributed by atoms with Gasteiger partial charge < -0.3 is 9.47 Å². The minimum atomic E-state index is -4.15. The van der Waals surface area contributed by atoms with Crippen LogP contribution in [0.25, 0.3) is 0 Å². The van der Waals surface area contributed by atoms with Crippen LogP contribution in [0.3, 0.4) is 0 Å². The number of hydrogen-bond donors (Lipinski definition) is 2. The number of imide groups is 1. The zero-order chi connectivity index (χ0) is 16.3. The average Bonchev–Trinajstić information content (AvgIpc) is 2.46. The van der Waals surface area contributed by atoms with Crippen LogP contribution in [0, 0.1) is 0 Å². The van der Waals surface area contributed by atoms with Gasteiger partial charge in [-0.2, -0.15) is 0 Å². The van der Waals surface area contributed by atoms with Crippen LogP contribution in [0.4, 0.5) is 10.5 Å². The first-order valence-corrected chi connectivity index (χ1v) is 7.54. The number of carbonyl (C=O) groups excluding carboxylic acids is 2. The highest BCUT2D eigenvalue weighted by atomic mass is 32.2. The maximum Gasteiger partial charge on any atom is 0.347 e. The second-order valence-electron chi connectivity index (χ2n) is 4.21. The fraction of sp³-hybridized carbons (Fsp3) is 0.250. The first kappa shape index (κ1) is 15.8. The van der Waals surface area contributed by atoms with Gasteiger partial charge in [0.05, 0.1) is 19.9 Å². The molecule has 2 N–H and O–H groups in total. The summed E-state index contributed by atoms with van der Waals surface area (Å²) in [4.78, 5) is 25.8. The van der Waals surface area contributed by atoms with E-state index >= 15 is 0 Å². The van der Waals surface area contributed by atoms with E-state index in [1.54, 1.807) is 0 Å². The number of nitrogens with one attached hydrogen (secondary N) is 2. The van der Waals surface area contributed by atoms with Crippen molar-refractivity contribution in [3.63, 3.8) is 0 Å². The molecule has 0 aromatic heterocycles. The van der Waals surface area contributed by atoms with Crippen molar-refractivity contribution in [2.24, 2.45) is 4.99 Å². The Morgan fingerprint density at radius 3 is 2.55 bits per heavy atom. The minimum absolute atomic E-state index is 0.126. The van der Waals surface area contributed by atoms with Gasteiger partial charge in [0.1, 0.15) is 11.5 Å². The number of rotatable bonds is 5. The number of nitrogens with zero attached hydrogens (tertiary/aromatic N) is 1. The molecule has 1 unspecified atom stereocenters. The van der Waals surface area contributed by atoms with E-state index < -0.39 is 27.2 Å².